The minimum absolute atomic E-state index is 0.0183. The molecule has 0 amide bonds. The predicted octanol–water partition coefficient (Wildman–Crippen LogP) is 2.23. The average Bonchev–Trinajstić information content (AvgIpc) is 2.96. The molecule has 0 spiro atoms. The Morgan fingerprint density at radius 3 is 2.54 bits per heavy atom. The Bertz CT molecular complexity index is 888. The molecule has 3 rings (SSSR count). The molecule has 1 aliphatic carbocycles. The predicted molar refractivity (Wildman–Crippen MR) is 91.9 cm³/mol. The van der Waals surface area contributed by atoms with Gasteiger partial charge in [0.05, 0.1) is 5.56 Å². The summed E-state index contributed by atoms with van der Waals surface area (Å²) in [6, 6.07) is 5.19. The summed E-state index contributed by atoms with van der Waals surface area (Å²) < 4.78 is 38.6. The quantitative estimate of drug-likeness (QED) is 0.850. The van der Waals surface area contributed by atoms with Crippen molar-refractivity contribution in [3.05, 3.63) is 35.3 Å². The molecule has 0 radical (unpaired) electrons. The van der Waals surface area contributed by atoms with E-state index in [1.165, 1.54) is 6.20 Å². The van der Waals surface area contributed by atoms with Gasteiger partial charge < -0.3 is 9.26 Å². The molecule has 26 heavy (non-hydrogen) atoms. The summed E-state index contributed by atoms with van der Waals surface area (Å²) in [5, 5.41) is 12.5. The number of rotatable bonds is 5. The van der Waals surface area contributed by atoms with Gasteiger partial charge in [0.1, 0.15) is 22.8 Å². The fourth-order valence-electron chi connectivity index (χ4n) is 3.12. The number of aryl methyl sites for hydroxylation is 2. The highest BCUT2D eigenvalue weighted by molar-refractivity contribution is 7.89. The highest BCUT2D eigenvalue weighted by Gasteiger charge is 2.30. The van der Waals surface area contributed by atoms with E-state index in [1.807, 2.05) is 6.07 Å². The number of nitrogens with one attached hydrogen (secondary N) is 1. The molecule has 0 aliphatic heterocycles. The monoisotopic (exact) mass is 376 g/mol. The van der Waals surface area contributed by atoms with Gasteiger partial charge >= 0.3 is 0 Å². The normalized spacial score (nSPS) is 20.5. The van der Waals surface area contributed by atoms with E-state index in [-0.39, 0.29) is 17.0 Å². The second kappa shape index (κ2) is 7.43. The Morgan fingerprint density at radius 1 is 1.27 bits per heavy atom. The minimum Gasteiger partial charge on any atom is -0.474 e. The van der Waals surface area contributed by atoms with Crippen LogP contribution in [0.1, 0.15) is 42.7 Å². The van der Waals surface area contributed by atoms with Gasteiger partial charge in [0.2, 0.25) is 15.9 Å². The van der Waals surface area contributed by atoms with Crippen molar-refractivity contribution in [3.8, 4) is 11.9 Å². The van der Waals surface area contributed by atoms with Crippen molar-refractivity contribution in [3.63, 3.8) is 0 Å². The summed E-state index contributed by atoms with van der Waals surface area (Å²) in [7, 11) is -3.65. The number of sulfonamides is 1. The Balaban J connectivity index is 1.56. The Hall–Kier alpha value is -2.44. The first kappa shape index (κ1) is 18.4. The van der Waals surface area contributed by atoms with Crippen LogP contribution in [0.25, 0.3) is 0 Å². The molecule has 2 aromatic heterocycles. The largest absolute Gasteiger partial charge is 0.474 e. The van der Waals surface area contributed by atoms with E-state index in [1.54, 1.807) is 26.0 Å². The second-order valence-electron chi connectivity index (χ2n) is 6.36. The Kier molecular flexibility index (Phi) is 5.25. The summed E-state index contributed by atoms with van der Waals surface area (Å²) in [6.07, 6.45) is 4.23. The summed E-state index contributed by atoms with van der Waals surface area (Å²) in [4.78, 5) is 4.22. The van der Waals surface area contributed by atoms with E-state index in [9.17, 15) is 8.42 Å². The topological polar surface area (TPSA) is 118 Å². The van der Waals surface area contributed by atoms with Crippen LogP contribution in [-0.2, 0) is 10.0 Å². The molecule has 0 unspecified atom stereocenters. The van der Waals surface area contributed by atoms with Crippen LogP contribution in [0, 0.1) is 25.2 Å². The fraction of sp³-hybridized carbons (Fsp3) is 0.471. The van der Waals surface area contributed by atoms with Crippen molar-refractivity contribution >= 4 is 10.0 Å². The average molecular weight is 376 g/mol. The van der Waals surface area contributed by atoms with Gasteiger partial charge in [0.15, 0.2) is 5.76 Å². The highest BCUT2D eigenvalue weighted by Crippen LogP contribution is 2.25. The van der Waals surface area contributed by atoms with E-state index in [2.05, 4.69) is 14.9 Å². The zero-order valence-corrected chi connectivity index (χ0v) is 15.4. The van der Waals surface area contributed by atoms with Crippen molar-refractivity contribution < 1.29 is 17.7 Å². The van der Waals surface area contributed by atoms with Crippen molar-refractivity contribution in [2.75, 3.05) is 0 Å². The van der Waals surface area contributed by atoms with Crippen molar-refractivity contribution in [1.82, 2.24) is 14.9 Å². The third kappa shape index (κ3) is 4.03. The molecular weight excluding hydrogens is 356 g/mol. The van der Waals surface area contributed by atoms with Gasteiger partial charge in [-0.2, -0.15) is 5.26 Å². The van der Waals surface area contributed by atoms with E-state index < -0.39 is 10.0 Å². The molecule has 0 saturated heterocycles. The molecule has 0 aromatic carbocycles. The second-order valence-corrected chi connectivity index (χ2v) is 8.01. The SMILES string of the molecule is Cc1noc(C)c1S(=O)(=O)NC1CCC(Oc2ccc(C#N)cn2)CC1. The van der Waals surface area contributed by atoms with Crippen LogP contribution >= 0.6 is 0 Å². The maximum Gasteiger partial charge on any atom is 0.246 e. The van der Waals surface area contributed by atoms with Crippen LogP contribution in [-0.4, -0.2) is 30.7 Å². The van der Waals surface area contributed by atoms with E-state index in [0.717, 1.165) is 12.8 Å². The molecule has 1 saturated carbocycles. The van der Waals surface area contributed by atoms with E-state index >= 15 is 0 Å². The smallest absolute Gasteiger partial charge is 0.246 e. The molecule has 2 aromatic rings. The van der Waals surface area contributed by atoms with Crippen LogP contribution in [0.15, 0.2) is 27.7 Å². The third-order valence-corrected chi connectivity index (χ3v) is 6.15. The molecule has 0 bridgehead atoms. The van der Waals surface area contributed by atoms with Gasteiger partial charge in [0.25, 0.3) is 0 Å². The van der Waals surface area contributed by atoms with Gasteiger partial charge in [-0.1, -0.05) is 5.16 Å². The minimum atomic E-state index is -3.65. The van der Waals surface area contributed by atoms with Gasteiger partial charge in [-0.3, -0.25) is 0 Å². The number of nitriles is 1. The van der Waals surface area contributed by atoms with Crippen LogP contribution in [0.3, 0.4) is 0 Å². The summed E-state index contributed by atoms with van der Waals surface area (Å²) in [6.45, 7) is 3.20. The van der Waals surface area contributed by atoms with Crippen molar-refractivity contribution in [1.29, 1.82) is 5.26 Å². The lowest BCUT2D eigenvalue weighted by Gasteiger charge is -2.29. The third-order valence-electron chi connectivity index (χ3n) is 4.39. The zero-order chi connectivity index (χ0) is 18.7. The molecule has 2 heterocycles. The summed E-state index contributed by atoms with van der Waals surface area (Å²) in [5.74, 6) is 0.766. The number of nitrogens with zero attached hydrogens (tertiary/aromatic N) is 3. The molecule has 1 N–H and O–H groups in total. The first-order chi connectivity index (χ1) is 12.4. The van der Waals surface area contributed by atoms with Crippen molar-refractivity contribution in [2.24, 2.45) is 0 Å². The maximum absolute atomic E-state index is 12.6. The number of ether oxygens (including phenoxy) is 1. The van der Waals surface area contributed by atoms with Crippen LogP contribution in [0.2, 0.25) is 0 Å². The van der Waals surface area contributed by atoms with Crippen LogP contribution in [0.4, 0.5) is 0 Å². The maximum atomic E-state index is 12.6. The Morgan fingerprint density at radius 2 is 2.00 bits per heavy atom. The number of aromatic nitrogens is 2. The number of pyridine rings is 1. The lowest BCUT2D eigenvalue weighted by Crippen LogP contribution is -2.40. The lowest BCUT2D eigenvalue weighted by molar-refractivity contribution is 0.138. The first-order valence-electron chi connectivity index (χ1n) is 8.37. The van der Waals surface area contributed by atoms with Gasteiger partial charge in [-0.15, -0.1) is 0 Å². The molecule has 8 nitrogen and oxygen atoms in total. The van der Waals surface area contributed by atoms with Gasteiger partial charge in [-0.25, -0.2) is 18.1 Å². The zero-order valence-electron chi connectivity index (χ0n) is 14.6. The number of hydrogen-bond acceptors (Lipinski definition) is 7. The molecule has 1 aliphatic rings. The summed E-state index contributed by atoms with van der Waals surface area (Å²) >= 11 is 0. The highest BCUT2D eigenvalue weighted by atomic mass is 32.2. The van der Waals surface area contributed by atoms with Crippen LogP contribution < -0.4 is 9.46 Å². The molecular formula is C17H20N4O4S. The van der Waals surface area contributed by atoms with Gasteiger partial charge in [0, 0.05) is 18.3 Å². The van der Waals surface area contributed by atoms with Crippen LogP contribution in [0.5, 0.6) is 5.88 Å². The molecule has 9 heteroatoms. The molecule has 138 valence electrons. The van der Waals surface area contributed by atoms with E-state index in [0.29, 0.717) is 35.7 Å². The van der Waals surface area contributed by atoms with E-state index in [4.69, 9.17) is 14.5 Å². The van der Waals surface area contributed by atoms with Crippen molar-refractivity contribution in [2.45, 2.75) is 56.6 Å². The van der Waals surface area contributed by atoms with Gasteiger partial charge in [-0.05, 0) is 45.6 Å². The standard InChI is InChI=1S/C17H20N4O4S/c1-11-17(12(2)25-20-11)26(22,23)21-14-4-6-15(7-5-14)24-16-8-3-13(9-18)10-19-16/h3,8,10,14-15,21H,4-7H2,1-2H3. The lowest BCUT2D eigenvalue weighted by atomic mass is 9.94. The molecule has 0 atom stereocenters. The number of hydrogen-bond donors (Lipinski definition) is 1. The first-order valence-corrected chi connectivity index (χ1v) is 9.85. The summed E-state index contributed by atoms with van der Waals surface area (Å²) in [5.41, 5.74) is 0.841. The molecule has 1 fully saturated rings. The Labute approximate surface area is 152 Å². The fourth-order valence-corrected chi connectivity index (χ4v) is 4.76.